The van der Waals surface area contributed by atoms with E-state index in [1.54, 1.807) is 58.0 Å². The summed E-state index contributed by atoms with van der Waals surface area (Å²) in [6, 6.07) is 7.70. The van der Waals surface area contributed by atoms with Crippen molar-refractivity contribution in [3.05, 3.63) is 42.1 Å². The Kier molecular flexibility index (Phi) is 11.6. The van der Waals surface area contributed by atoms with Crippen molar-refractivity contribution in [2.24, 2.45) is 0 Å². The zero-order valence-corrected chi connectivity index (χ0v) is 27.5. The molecule has 260 valence electrons. The quantitative estimate of drug-likeness (QED) is 0.329. The van der Waals surface area contributed by atoms with Gasteiger partial charge in [-0.05, 0) is 52.7 Å². The van der Waals surface area contributed by atoms with Crippen LogP contribution in [-0.2, 0) is 28.7 Å². The molecule has 0 unspecified atom stereocenters. The first-order valence-corrected chi connectivity index (χ1v) is 15.8. The Bertz CT molecular complexity index is 1500. The summed E-state index contributed by atoms with van der Waals surface area (Å²) in [6.07, 6.45) is -0.0479. The van der Waals surface area contributed by atoms with Crippen LogP contribution in [0.3, 0.4) is 0 Å². The van der Waals surface area contributed by atoms with E-state index in [9.17, 15) is 33.9 Å². The summed E-state index contributed by atoms with van der Waals surface area (Å²) in [4.78, 5) is 80.9. The maximum Gasteiger partial charge on any atom is 0.409 e. The third-order valence-corrected chi connectivity index (χ3v) is 7.62. The van der Waals surface area contributed by atoms with Crippen LogP contribution in [0.5, 0.6) is 5.88 Å². The van der Waals surface area contributed by atoms with Crippen LogP contribution in [0.15, 0.2) is 36.4 Å². The fraction of sp³-hybridized carbons (Fsp3) is 0.531. The second-order valence-corrected chi connectivity index (χ2v) is 12.3. The lowest BCUT2D eigenvalue weighted by Crippen LogP contribution is -2.56. The molecule has 0 bridgehead atoms. The molecule has 4 amide bonds. The number of nitrogens with one attached hydrogen (secondary N) is 1. The van der Waals surface area contributed by atoms with Gasteiger partial charge in [0.05, 0.1) is 18.7 Å². The largest absolute Gasteiger partial charge is 0.480 e. The number of aromatic nitrogens is 2. The van der Waals surface area contributed by atoms with Gasteiger partial charge in [0.15, 0.2) is 12.3 Å². The van der Waals surface area contributed by atoms with Crippen molar-refractivity contribution in [2.45, 2.75) is 64.6 Å². The summed E-state index contributed by atoms with van der Waals surface area (Å²) in [6.45, 7) is 7.50. The van der Waals surface area contributed by atoms with E-state index in [4.69, 9.17) is 14.2 Å². The highest BCUT2D eigenvalue weighted by molar-refractivity contribution is 5.97. The van der Waals surface area contributed by atoms with Crippen LogP contribution in [0, 0.1) is 0 Å². The minimum absolute atomic E-state index is 0.0240. The summed E-state index contributed by atoms with van der Waals surface area (Å²) < 4.78 is 17.6. The minimum Gasteiger partial charge on any atom is -0.480 e. The highest BCUT2D eigenvalue weighted by Gasteiger charge is 2.36. The second-order valence-electron chi connectivity index (χ2n) is 12.3. The van der Waals surface area contributed by atoms with Crippen LogP contribution in [0.1, 0.15) is 57.4 Å². The molecule has 2 saturated heterocycles. The van der Waals surface area contributed by atoms with Gasteiger partial charge in [0.25, 0.3) is 11.8 Å². The van der Waals surface area contributed by atoms with Gasteiger partial charge in [0.2, 0.25) is 11.8 Å². The first-order valence-electron chi connectivity index (χ1n) is 15.8. The Hall–Kier alpha value is -5.15. The molecule has 48 heavy (non-hydrogen) atoms. The molecule has 16 heteroatoms. The van der Waals surface area contributed by atoms with E-state index in [2.05, 4.69) is 10.4 Å². The Balaban J connectivity index is 1.53. The van der Waals surface area contributed by atoms with Crippen LogP contribution in [-0.4, -0.2) is 129 Å². The van der Waals surface area contributed by atoms with Gasteiger partial charge in [0, 0.05) is 38.8 Å². The SMILES string of the molecule is CCOC(=O)N1CCN(C(=O)[C@H](CC(=O)OC(C)(C)C)NC(=O)c2cc(OCC(=O)N3CCC[C@H]3C(=O)O)n(-c3ccccc3)n2)CC1. The second kappa shape index (κ2) is 15.6. The maximum atomic E-state index is 13.7. The lowest BCUT2D eigenvalue weighted by atomic mass is 10.1. The van der Waals surface area contributed by atoms with Crippen molar-refractivity contribution >= 4 is 35.8 Å². The number of carboxylic acids is 1. The molecule has 2 aliphatic heterocycles. The third-order valence-electron chi connectivity index (χ3n) is 7.62. The topological polar surface area (TPSA) is 190 Å². The van der Waals surface area contributed by atoms with Crippen LogP contribution < -0.4 is 10.1 Å². The van der Waals surface area contributed by atoms with Gasteiger partial charge in [-0.1, -0.05) is 18.2 Å². The van der Waals surface area contributed by atoms with Gasteiger partial charge >= 0.3 is 18.0 Å². The van der Waals surface area contributed by atoms with Gasteiger partial charge < -0.3 is 39.3 Å². The van der Waals surface area contributed by atoms with Crippen molar-refractivity contribution in [3.8, 4) is 11.6 Å². The number of piperazine rings is 1. The van der Waals surface area contributed by atoms with Gasteiger partial charge in [-0.3, -0.25) is 19.2 Å². The molecule has 0 saturated carbocycles. The lowest BCUT2D eigenvalue weighted by Gasteiger charge is -2.35. The summed E-state index contributed by atoms with van der Waals surface area (Å²) in [5.74, 6) is -3.64. The van der Waals surface area contributed by atoms with E-state index in [0.717, 1.165) is 0 Å². The molecular weight excluding hydrogens is 628 g/mol. The van der Waals surface area contributed by atoms with E-state index in [1.807, 2.05) is 0 Å². The number of rotatable bonds is 11. The van der Waals surface area contributed by atoms with E-state index in [1.165, 1.54) is 25.4 Å². The zero-order valence-electron chi connectivity index (χ0n) is 27.5. The molecule has 2 aliphatic rings. The zero-order chi connectivity index (χ0) is 35.0. The molecule has 2 aromatic rings. The molecule has 2 fully saturated rings. The monoisotopic (exact) mass is 670 g/mol. The number of benzene rings is 1. The van der Waals surface area contributed by atoms with Crippen LogP contribution >= 0.6 is 0 Å². The standard InChI is InChI=1S/C32H42N6O10/c1-5-46-31(45)36-16-14-35(15-17-36)29(42)23(19-27(40)48-32(2,3)4)33-28(41)22-18-26(38(34-22)21-10-7-6-8-11-21)47-20-25(39)37-13-9-12-24(37)30(43)44/h6-8,10-11,18,23-24H,5,9,12-17,19-20H2,1-4H3,(H,33,41)(H,43,44)/t23-,24-/m0/s1. The van der Waals surface area contributed by atoms with Crippen LogP contribution in [0.25, 0.3) is 5.69 Å². The van der Waals surface area contributed by atoms with E-state index < -0.39 is 66.5 Å². The summed E-state index contributed by atoms with van der Waals surface area (Å²) in [7, 11) is 0. The molecule has 0 spiro atoms. The summed E-state index contributed by atoms with van der Waals surface area (Å²) in [5, 5.41) is 16.4. The van der Waals surface area contributed by atoms with E-state index in [-0.39, 0.29) is 50.9 Å². The number of amides is 4. The molecule has 1 aromatic carbocycles. The smallest absolute Gasteiger partial charge is 0.409 e. The Morgan fingerprint density at radius 1 is 1.00 bits per heavy atom. The molecule has 16 nitrogen and oxygen atoms in total. The number of likely N-dealkylation sites (tertiary alicyclic amines) is 1. The molecule has 0 aliphatic carbocycles. The maximum absolute atomic E-state index is 13.7. The lowest BCUT2D eigenvalue weighted by molar-refractivity contribution is -0.157. The highest BCUT2D eigenvalue weighted by Crippen LogP contribution is 2.22. The van der Waals surface area contributed by atoms with E-state index >= 15 is 0 Å². The minimum atomic E-state index is -1.32. The number of hydrogen-bond donors (Lipinski definition) is 2. The molecule has 2 N–H and O–H groups in total. The Labute approximate surface area is 277 Å². The van der Waals surface area contributed by atoms with Crippen molar-refractivity contribution in [1.82, 2.24) is 29.8 Å². The fourth-order valence-electron chi connectivity index (χ4n) is 5.40. The Morgan fingerprint density at radius 3 is 2.29 bits per heavy atom. The molecular formula is C32H42N6O10. The van der Waals surface area contributed by atoms with Crippen molar-refractivity contribution in [1.29, 1.82) is 0 Å². The number of para-hydroxylation sites is 1. The van der Waals surface area contributed by atoms with Crippen LogP contribution in [0.2, 0.25) is 0 Å². The van der Waals surface area contributed by atoms with Gasteiger partial charge in [0.1, 0.15) is 17.7 Å². The first-order chi connectivity index (χ1) is 22.8. The molecule has 2 atom stereocenters. The fourth-order valence-corrected chi connectivity index (χ4v) is 5.40. The van der Waals surface area contributed by atoms with Crippen molar-refractivity contribution in [2.75, 3.05) is 45.9 Å². The normalized spacial score (nSPS) is 17.0. The Morgan fingerprint density at radius 2 is 1.67 bits per heavy atom. The van der Waals surface area contributed by atoms with Gasteiger partial charge in [-0.2, -0.15) is 5.10 Å². The number of carbonyl (C=O) groups excluding carboxylic acids is 5. The number of carboxylic acid groups (broad SMARTS) is 1. The first kappa shape index (κ1) is 35.7. The number of carbonyl (C=O) groups is 6. The van der Waals surface area contributed by atoms with Gasteiger partial charge in [-0.25, -0.2) is 14.3 Å². The molecule has 0 radical (unpaired) electrons. The number of nitrogens with zero attached hydrogens (tertiary/aromatic N) is 5. The number of esters is 1. The number of ether oxygens (including phenoxy) is 3. The molecule has 4 rings (SSSR count). The number of hydrogen-bond acceptors (Lipinski definition) is 10. The summed E-state index contributed by atoms with van der Waals surface area (Å²) >= 11 is 0. The summed E-state index contributed by atoms with van der Waals surface area (Å²) in [5.41, 5.74) is -0.498. The molecule has 1 aromatic heterocycles. The molecule has 3 heterocycles. The van der Waals surface area contributed by atoms with Crippen molar-refractivity contribution < 1.29 is 48.1 Å². The van der Waals surface area contributed by atoms with Gasteiger partial charge in [-0.15, -0.1) is 0 Å². The van der Waals surface area contributed by atoms with Crippen LogP contribution in [0.4, 0.5) is 4.79 Å². The highest BCUT2D eigenvalue weighted by atomic mass is 16.6. The average Bonchev–Trinajstić information content (AvgIpc) is 3.71. The predicted octanol–water partition coefficient (Wildman–Crippen LogP) is 1.46. The third kappa shape index (κ3) is 9.23. The van der Waals surface area contributed by atoms with Crippen molar-refractivity contribution in [3.63, 3.8) is 0 Å². The number of aliphatic carboxylic acids is 1. The average molecular weight is 671 g/mol. The van der Waals surface area contributed by atoms with E-state index in [0.29, 0.717) is 18.5 Å². The predicted molar refractivity (Wildman–Crippen MR) is 168 cm³/mol.